The van der Waals surface area contributed by atoms with Gasteiger partial charge in [0.2, 0.25) is 5.91 Å². The summed E-state index contributed by atoms with van der Waals surface area (Å²) in [5.41, 5.74) is 1.59. The van der Waals surface area contributed by atoms with Crippen molar-refractivity contribution in [1.82, 2.24) is 4.90 Å². The Kier molecular flexibility index (Phi) is 7.09. The number of sulfone groups is 1. The molecular formula is C22H28N2O7S. The molecule has 1 aliphatic heterocycles. The average Bonchev–Trinajstić information content (AvgIpc) is 2.96. The fourth-order valence-electron chi connectivity index (χ4n) is 3.99. The van der Waals surface area contributed by atoms with Crippen LogP contribution in [-0.2, 0) is 14.6 Å². The van der Waals surface area contributed by atoms with Crippen molar-refractivity contribution in [3.63, 3.8) is 0 Å². The van der Waals surface area contributed by atoms with Crippen LogP contribution >= 0.6 is 0 Å². The largest absolute Gasteiger partial charge is 0.493 e. The molecule has 3 atom stereocenters. The Morgan fingerprint density at radius 2 is 1.91 bits per heavy atom. The van der Waals surface area contributed by atoms with Gasteiger partial charge in [0.05, 0.1) is 25.5 Å². The van der Waals surface area contributed by atoms with Crippen LogP contribution in [0.4, 0.5) is 5.69 Å². The number of amides is 1. The number of ether oxygens (including phenoxy) is 2. The second kappa shape index (κ2) is 9.45. The maximum atomic E-state index is 12.3. The van der Waals surface area contributed by atoms with E-state index in [-0.39, 0.29) is 11.7 Å². The maximum Gasteiger partial charge on any atom is 0.221 e. The number of hydrogen-bond acceptors (Lipinski definition) is 8. The van der Waals surface area contributed by atoms with Crippen molar-refractivity contribution in [2.24, 2.45) is 0 Å². The van der Waals surface area contributed by atoms with Gasteiger partial charge in [-0.1, -0.05) is 18.2 Å². The molecule has 2 aromatic carbocycles. The van der Waals surface area contributed by atoms with Gasteiger partial charge in [-0.25, -0.2) is 13.3 Å². The van der Waals surface area contributed by atoms with E-state index in [0.717, 1.165) is 6.26 Å². The first-order chi connectivity index (χ1) is 15.1. The third kappa shape index (κ3) is 4.88. The monoisotopic (exact) mass is 464 g/mol. The molecule has 32 heavy (non-hydrogen) atoms. The average molecular weight is 465 g/mol. The van der Waals surface area contributed by atoms with E-state index in [1.165, 1.54) is 18.9 Å². The smallest absolute Gasteiger partial charge is 0.221 e. The summed E-state index contributed by atoms with van der Waals surface area (Å²) in [6.45, 7) is 3.53. The van der Waals surface area contributed by atoms with Crippen LogP contribution in [0, 0.1) is 0 Å². The predicted octanol–water partition coefficient (Wildman–Crippen LogP) is 2.14. The lowest BCUT2D eigenvalue weighted by Crippen LogP contribution is -2.35. The Morgan fingerprint density at radius 3 is 2.50 bits per heavy atom. The van der Waals surface area contributed by atoms with Crippen molar-refractivity contribution in [2.75, 3.05) is 31.0 Å². The molecule has 0 aliphatic carbocycles. The number of benzene rings is 2. The van der Waals surface area contributed by atoms with Crippen LogP contribution < -0.4 is 14.8 Å². The summed E-state index contributed by atoms with van der Waals surface area (Å²) in [6.07, 6.45) is -1.55. The minimum absolute atomic E-state index is 0.326. The molecule has 2 aromatic rings. The van der Waals surface area contributed by atoms with Crippen molar-refractivity contribution in [2.45, 2.75) is 32.3 Å². The van der Waals surface area contributed by atoms with Crippen molar-refractivity contribution in [3.05, 3.63) is 53.1 Å². The number of fused-ring (bicyclic) bond motifs is 1. The van der Waals surface area contributed by atoms with Gasteiger partial charge in [-0.15, -0.1) is 0 Å². The molecule has 9 nitrogen and oxygen atoms in total. The molecule has 1 amide bonds. The summed E-state index contributed by atoms with van der Waals surface area (Å²) in [5.74, 6) is 0.212. The van der Waals surface area contributed by atoms with Crippen LogP contribution in [0.2, 0.25) is 0 Å². The fraction of sp³-hybridized carbons (Fsp3) is 0.409. The molecule has 0 fully saturated rings. The quantitative estimate of drug-likeness (QED) is 0.543. The number of nitrogens with zero attached hydrogens (tertiary/aromatic N) is 1. The lowest BCUT2D eigenvalue weighted by molar-refractivity contribution is -0.114. The first-order valence-electron chi connectivity index (χ1n) is 10.1. The van der Waals surface area contributed by atoms with Crippen molar-refractivity contribution in [3.8, 4) is 11.5 Å². The first kappa shape index (κ1) is 24.0. The van der Waals surface area contributed by atoms with E-state index in [0.29, 0.717) is 40.5 Å². The highest BCUT2D eigenvalue weighted by Gasteiger charge is 2.43. The molecule has 10 heteroatoms. The van der Waals surface area contributed by atoms with Crippen LogP contribution in [0.3, 0.4) is 0 Å². The number of rotatable bonds is 8. The summed E-state index contributed by atoms with van der Waals surface area (Å²) in [4.78, 5) is 12.9. The van der Waals surface area contributed by atoms with E-state index in [1.807, 2.05) is 6.92 Å². The number of aliphatic hydroxyl groups is 2. The molecule has 3 N–H and O–H groups in total. The highest BCUT2D eigenvalue weighted by molar-refractivity contribution is 7.90. The molecular weight excluding hydrogens is 436 g/mol. The van der Waals surface area contributed by atoms with Gasteiger partial charge in [0.15, 0.2) is 11.5 Å². The van der Waals surface area contributed by atoms with E-state index in [4.69, 9.17) is 9.47 Å². The number of nitrogens with one attached hydrogen (secondary N) is 1. The molecule has 0 aromatic heterocycles. The Balaban J connectivity index is 2.11. The maximum absolute atomic E-state index is 12.3. The summed E-state index contributed by atoms with van der Waals surface area (Å²) in [6, 6.07) is 8.97. The lowest BCUT2D eigenvalue weighted by Gasteiger charge is -2.33. The molecule has 0 saturated carbocycles. The standard InChI is InChI=1S/C22H28N2O7S/c1-5-31-19-11-14(9-10-18(19)30-3)17(12-32(4,28)29)24-21(26)15-7-6-8-16(23-13(2)25)20(15)22(24)27/h6-11,17,21-22,26-27H,5,12H2,1-4H3,(H,23,25)/t17-,21?,22?/m1/s1. The zero-order valence-electron chi connectivity index (χ0n) is 18.4. The number of hydrogen-bond donors (Lipinski definition) is 3. The van der Waals surface area contributed by atoms with Crippen LogP contribution in [-0.4, -0.2) is 55.2 Å². The third-order valence-electron chi connectivity index (χ3n) is 5.24. The molecule has 174 valence electrons. The van der Waals surface area contributed by atoms with Gasteiger partial charge >= 0.3 is 0 Å². The fourth-order valence-corrected chi connectivity index (χ4v) is 4.93. The van der Waals surface area contributed by atoms with Gasteiger partial charge < -0.3 is 25.0 Å². The summed E-state index contributed by atoms with van der Waals surface area (Å²) < 4.78 is 35.5. The predicted molar refractivity (Wildman–Crippen MR) is 119 cm³/mol. The Bertz CT molecular complexity index is 1100. The summed E-state index contributed by atoms with van der Waals surface area (Å²) >= 11 is 0. The summed E-state index contributed by atoms with van der Waals surface area (Å²) in [5, 5.41) is 24.9. The van der Waals surface area contributed by atoms with Crippen LogP contribution in [0.15, 0.2) is 36.4 Å². The molecule has 0 saturated heterocycles. The van der Waals surface area contributed by atoms with Gasteiger partial charge in [-0.2, -0.15) is 0 Å². The van der Waals surface area contributed by atoms with E-state index in [2.05, 4.69) is 5.32 Å². The van der Waals surface area contributed by atoms with Gasteiger partial charge in [-0.05, 0) is 30.7 Å². The van der Waals surface area contributed by atoms with Crippen LogP contribution in [0.1, 0.15) is 49.0 Å². The normalized spacial score (nSPS) is 19.3. The minimum atomic E-state index is -3.52. The molecule has 2 unspecified atom stereocenters. The first-order valence-corrected chi connectivity index (χ1v) is 12.2. The second-order valence-electron chi connectivity index (χ2n) is 7.64. The van der Waals surface area contributed by atoms with Gasteiger partial charge in [0.25, 0.3) is 0 Å². The SMILES string of the molecule is CCOc1cc([C@@H](CS(C)(=O)=O)N2C(O)c3cccc(NC(C)=O)c3C2O)ccc1OC. The number of carbonyl (C=O) groups is 1. The second-order valence-corrected chi connectivity index (χ2v) is 9.82. The van der Waals surface area contributed by atoms with Gasteiger partial charge in [0.1, 0.15) is 22.3 Å². The van der Waals surface area contributed by atoms with Crippen LogP contribution in [0.5, 0.6) is 11.5 Å². The van der Waals surface area contributed by atoms with Crippen molar-refractivity contribution >= 4 is 21.4 Å². The van der Waals surface area contributed by atoms with Crippen molar-refractivity contribution < 1.29 is 32.9 Å². The molecule has 0 radical (unpaired) electrons. The number of carbonyl (C=O) groups excluding carboxylic acids is 1. The number of aliphatic hydroxyl groups excluding tert-OH is 2. The van der Waals surface area contributed by atoms with Crippen molar-refractivity contribution in [1.29, 1.82) is 0 Å². The molecule has 3 rings (SSSR count). The Morgan fingerprint density at radius 1 is 1.19 bits per heavy atom. The van der Waals surface area contributed by atoms with E-state index in [9.17, 15) is 23.4 Å². The third-order valence-corrected chi connectivity index (χ3v) is 6.17. The minimum Gasteiger partial charge on any atom is -0.493 e. The number of anilines is 1. The Hall–Kier alpha value is -2.66. The Labute approximate surface area is 187 Å². The molecule has 0 bridgehead atoms. The highest BCUT2D eigenvalue weighted by atomic mass is 32.2. The lowest BCUT2D eigenvalue weighted by atomic mass is 10.1. The zero-order chi connectivity index (χ0) is 23.6. The van der Waals surface area contributed by atoms with E-state index >= 15 is 0 Å². The van der Waals surface area contributed by atoms with E-state index in [1.54, 1.807) is 36.4 Å². The molecule has 1 heterocycles. The number of methoxy groups -OCH3 is 1. The summed E-state index contributed by atoms with van der Waals surface area (Å²) in [7, 11) is -2.02. The van der Waals surface area contributed by atoms with E-state index < -0.39 is 28.3 Å². The van der Waals surface area contributed by atoms with Gasteiger partial charge in [-0.3, -0.25) is 4.79 Å². The molecule has 0 spiro atoms. The topological polar surface area (TPSA) is 125 Å². The molecule has 1 aliphatic rings. The van der Waals surface area contributed by atoms with Crippen LogP contribution in [0.25, 0.3) is 0 Å². The zero-order valence-corrected chi connectivity index (χ0v) is 19.2. The highest BCUT2D eigenvalue weighted by Crippen LogP contribution is 2.48. The van der Waals surface area contributed by atoms with Gasteiger partial charge in [0, 0.05) is 30.0 Å².